The van der Waals surface area contributed by atoms with E-state index in [0.717, 1.165) is 5.00 Å². The lowest BCUT2D eigenvalue weighted by atomic mass is 10.5. The molecule has 0 saturated carbocycles. The molecule has 0 aliphatic rings. The topological polar surface area (TPSA) is 37.6 Å². The summed E-state index contributed by atoms with van der Waals surface area (Å²) in [6.45, 7) is 0. The number of thiophene rings is 1. The molecule has 0 unspecified atom stereocenters. The molecule has 64 valence electrons. The third-order valence-electron chi connectivity index (χ3n) is 1.41. The molecule has 3 nitrogen and oxygen atoms in total. The van der Waals surface area contributed by atoms with E-state index in [-0.39, 0.29) is 0 Å². The van der Waals surface area contributed by atoms with Crippen LogP contribution in [0.5, 0.6) is 0 Å². The third kappa shape index (κ3) is 2.19. The first kappa shape index (κ1) is 8.07. The van der Waals surface area contributed by atoms with E-state index in [1.54, 1.807) is 17.5 Å². The molecule has 0 aliphatic carbocycles. The summed E-state index contributed by atoms with van der Waals surface area (Å²) in [5.74, 6) is 0.635. The van der Waals surface area contributed by atoms with Crippen LogP contribution < -0.4 is 0 Å². The molecule has 2 rings (SSSR count). The lowest BCUT2D eigenvalue weighted by molar-refractivity contribution is 1.17. The Bertz CT molecular complexity index is 381. The van der Waals surface area contributed by atoms with E-state index in [9.17, 15) is 0 Å². The number of aromatic nitrogens is 1. The fraction of sp³-hybridized carbons (Fsp3) is 0. The molecule has 0 fully saturated rings. The fourth-order valence-electron chi connectivity index (χ4n) is 0.840. The van der Waals surface area contributed by atoms with Crippen LogP contribution in [0.2, 0.25) is 0 Å². The van der Waals surface area contributed by atoms with Crippen molar-refractivity contribution in [3.63, 3.8) is 0 Å². The summed E-state index contributed by atoms with van der Waals surface area (Å²) in [7, 11) is 0. The quantitative estimate of drug-likeness (QED) is 0.665. The predicted octanol–water partition coefficient (Wildman–Crippen LogP) is 3.56. The van der Waals surface area contributed by atoms with E-state index in [4.69, 9.17) is 0 Å². The van der Waals surface area contributed by atoms with Crippen LogP contribution in [0.4, 0.5) is 10.8 Å². The molecule has 0 atom stereocenters. The Morgan fingerprint density at radius 3 is 2.77 bits per heavy atom. The van der Waals surface area contributed by atoms with Gasteiger partial charge in [0, 0.05) is 6.20 Å². The van der Waals surface area contributed by atoms with Gasteiger partial charge in [-0.2, -0.15) is 0 Å². The maximum absolute atomic E-state index is 4.02. The highest BCUT2D eigenvalue weighted by molar-refractivity contribution is 7.13. The summed E-state index contributed by atoms with van der Waals surface area (Å²) in [6.07, 6.45) is 1.70. The molecule has 4 heteroatoms. The van der Waals surface area contributed by atoms with Gasteiger partial charge in [0.1, 0.15) is 5.00 Å². The van der Waals surface area contributed by atoms with Gasteiger partial charge in [-0.25, -0.2) is 4.98 Å². The van der Waals surface area contributed by atoms with Crippen LogP contribution in [0.1, 0.15) is 0 Å². The predicted molar refractivity (Wildman–Crippen MR) is 52.7 cm³/mol. The molecular formula is C9H7N3S. The maximum atomic E-state index is 4.02. The highest BCUT2D eigenvalue weighted by Crippen LogP contribution is 2.21. The van der Waals surface area contributed by atoms with Crippen molar-refractivity contribution in [1.29, 1.82) is 0 Å². The van der Waals surface area contributed by atoms with Crippen LogP contribution in [0, 0.1) is 0 Å². The average Bonchev–Trinajstić information content (AvgIpc) is 2.69. The van der Waals surface area contributed by atoms with Crippen molar-refractivity contribution in [2.24, 2.45) is 10.2 Å². The van der Waals surface area contributed by atoms with Gasteiger partial charge in [-0.05, 0) is 29.6 Å². The molecule has 2 aromatic rings. The van der Waals surface area contributed by atoms with E-state index in [2.05, 4.69) is 15.2 Å². The first-order valence-electron chi connectivity index (χ1n) is 3.81. The first-order valence-corrected chi connectivity index (χ1v) is 4.69. The largest absolute Gasteiger partial charge is 0.236 e. The Morgan fingerprint density at radius 2 is 2.08 bits per heavy atom. The molecule has 13 heavy (non-hydrogen) atoms. The first-order chi connectivity index (χ1) is 6.45. The van der Waals surface area contributed by atoms with Crippen LogP contribution in [0.15, 0.2) is 52.1 Å². The minimum Gasteiger partial charge on any atom is -0.236 e. The highest BCUT2D eigenvalue weighted by Gasteiger charge is 1.89. The summed E-state index contributed by atoms with van der Waals surface area (Å²) < 4.78 is 0. The monoisotopic (exact) mass is 189 g/mol. The van der Waals surface area contributed by atoms with Gasteiger partial charge in [-0.1, -0.05) is 6.07 Å². The van der Waals surface area contributed by atoms with Crippen LogP contribution in [-0.4, -0.2) is 4.98 Å². The summed E-state index contributed by atoms with van der Waals surface area (Å²) in [5.41, 5.74) is 0. The Hall–Kier alpha value is -1.55. The van der Waals surface area contributed by atoms with Crippen LogP contribution in [-0.2, 0) is 0 Å². The molecule has 0 aromatic carbocycles. The Balaban J connectivity index is 2.15. The number of nitrogens with zero attached hydrogens (tertiary/aromatic N) is 3. The molecule has 0 bridgehead atoms. The van der Waals surface area contributed by atoms with E-state index in [1.807, 2.05) is 35.7 Å². The molecule has 0 spiro atoms. The second-order valence-corrected chi connectivity index (χ2v) is 3.27. The van der Waals surface area contributed by atoms with Crippen LogP contribution in [0.25, 0.3) is 0 Å². The number of pyridine rings is 1. The smallest absolute Gasteiger partial charge is 0.174 e. The van der Waals surface area contributed by atoms with Crippen molar-refractivity contribution in [3.05, 3.63) is 41.9 Å². The number of hydrogen-bond acceptors (Lipinski definition) is 4. The van der Waals surface area contributed by atoms with Crippen molar-refractivity contribution in [2.45, 2.75) is 0 Å². The molecule has 2 aromatic heterocycles. The summed E-state index contributed by atoms with van der Waals surface area (Å²) in [6, 6.07) is 9.41. The SMILES string of the molecule is c1ccc(/N=N/c2cccs2)nc1. The molecule has 0 N–H and O–H groups in total. The van der Waals surface area contributed by atoms with Crippen molar-refractivity contribution in [2.75, 3.05) is 0 Å². The summed E-state index contributed by atoms with van der Waals surface area (Å²) in [4.78, 5) is 4.02. The average molecular weight is 189 g/mol. The van der Waals surface area contributed by atoms with Gasteiger partial charge in [0.25, 0.3) is 0 Å². The Morgan fingerprint density at radius 1 is 1.08 bits per heavy atom. The molecule has 0 radical (unpaired) electrons. The third-order valence-corrected chi connectivity index (χ3v) is 2.16. The van der Waals surface area contributed by atoms with Crippen molar-refractivity contribution in [1.82, 2.24) is 4.98 Å². The van der Waals surface area contributed by atoms with Gasteiger partial charge in [-0.3, -0.25) is 0 Å². The second-order valence-electron chi connectivity index (χ2n) is 2.34. The van der Waals surface area contributed by atoms with Crippen LogP contribution >= 0.6 is 11.3 Å². The zero-order chi connectivity index (χ0) is 8.93. The zero-order valence-electron chi connectivity index (χ0n) is 6.79. The fourth-order valence-corrected chi connectivity index (χ4v) is 1.38. The Kier molecular flexibility index (Phi) is 2.43. The van der Waals surface area contributed by atoms with E-state index in [1.165, 1.54) is 0 Å². The number of rotatable bonds is 2. The molecule has 0 amide bonds. The van der Waals surface area contributed by atoms with Crippen molar-refractivity contribution in [3.8, 4) is 0 Å². The summed E-state index contributed by atoms with van der Waals surface area (Å²) in [5, 5.41) is 10.8. The molecule has 0 aliphatic heterocycles. The standard InChI is InChI=1S/C9H7N3S/c1-2-6-10-8(4-1)11-12-9-5-3-7-13-9/h1-7H/b12-11+. The van der Waals surface area contributed by atoms with Gasteiger partial charge in [-0.15, -0.1) is 21.6 Å². The van der Waals surface area contributed by atoms with Crippen LogP contribution in [0.3, 0.4) is 0 Å². The maximum Gasteiger partial charge on any atom is 0.174 e. The van der Waals surface area contributed by atoms with Crippen molar-refractivity contribution >= 4 is 22.2 Å². The molecule has 2 heterocycles. The van der Waals surface area contributed by atoms with Gasteiger partial charge < -0.3 is 0 Å². The molecular weight excluding hydrogens is 182 g/mol. The summed E-state index contributed by atoms with van der Waals surface area (Å²) >= 11 is 1.55. The lowest BCUT2D eigenvalue weighted by Gasteiger charge is -1.87. The normalized spacial score (nSPS) is 10.8. The van der Waals surface area contributed by atoms with Gasteiger partial charge in [0.15, 0.2) is 5.82 Å². The van der Waals surface area contributed by atoms with Gasteiger partial charge >= 0.3 is 0 Å². The minimum atomic E-state index is 0.635. The van der Waals surface area contributed by atoms with E-state index >= 15 is 0 Å². The zero-order valence-corrected chi connectivity index (χ0v) is 7.61. The van der Waals surface area contributed by atoms with Gasteiger partial charge in [0.05, 0.1) is 0 Å². The number of hydrogen-bond donors (Lipinski definition) is 0. The molecule has 0 saturated heterocycles. The Labute approximate surface area is 79.8 Å². The second kappa shape index (κ2) is 3.91. The van der Waals surface area contributed by atoms with E-state index < -0.39 is 0 Å². The van der Waals surface area contributed by atoms with E-state index in [0.29, 0.717) is 5.82 Å². The lowest BCUT2D eigenvalue weighted by Crippen LogP contribution is -1.67. The van der Waals surface area contributed by atoms with Crippen molar-refractivity contribution < 1.29 is 0 Å². The highest BCUT2D eigenvalue weighted by atomic mass is 32.1. The van der Waals surface area contributed by atoms with Gasteiger partial charge in [0.2, 0.25) is 0 Å². The minimum absolute atomic E-state index is 0.635. The number of azo groups is 1.